The van der Waals surface area contributed by atoms with Gasteiger partial charge in [0.1, 0.15) is 18.4 Å². The number of nitrogens with zero attached hydrogens (tertiary/aromatic N) is 2. The van der Waals surface area contributed by atoms with Gasteiger partial charge in [0.15, 0.2) is 0 Å². The van der Waals surface area contributed by atoms with Crippen LogP contribution < -0.4 is 9.62 Å². The van der Waals surface area contributed by atoms with Crippen LogP contribution in [0.25, 0.3) is 0 Å². The maximum Gasteiger partial charge on any atom is 0.264 e. The van der Waals surface area contributed by atoms with Gasteiger partial charge >= 0.3 is 0 Å². The third kappa shape index (κ3) is 7.16. The molecule has 0 spiro atoms. The minimum atomic E-state index is -4.16. The molecule has 3 aromatic rings. The van der Waals surface area contributed by atoms with E-state index in [0.29, 0.717) is 19.4 Å². The Hall–Kier alpha value is -3.72. The number of benzene rings is 3. The first kappa shape index (κ1) is 27.9. The number of halogens is 1. The van der Waals surface area contributed by atoms with Gasteiger partial charge in [-0.2, -0.15) is 0 Å². The molecule has 196 valence electrons. The summed E-state index contributed by atoms with van der Waals surface area (Å²) in [5, 5.41) is 2.77. The number of hydrogen-bond donors (Lipinski definition) is 1. The fourth-order valence-electron chi connectivity index (χ4n) is 4.04. The van der Waals surface area contributed by atoms with Crippen molar-refractivity contribution >= 4 is 27.5 Å². The van der Waals surface area contributed by atoms with Crippen molar-refractivity contribution < 1.29 is 22.4 Å². The van der Waals surface area contributed by atoms with Gasteiger partial charge in [0.2, 0.25) is 11.8 Å². The maximum absolute atomic E-state index is 13.8. The molecule has 1 N–H and O–H groups in total. The average molecular weight is 526 g/mol. The van der Waals surface area contributed by atoms with Crippen LogP contribution in [0, 0.1) is 5.82 Å². The maximum atomic E-state index is 13.8. The van der Waals surface area contributed by atoms with E-state index in [0.717, 1.165) is 22.0 Å². The first-order chi connectivity index (χ1) is 17.8. The predicted octanol–water partition coefficient (Wildman–Crippen LogP) is 4.01. The minimum Gasteiger partial charge on any atom is -0.355 e. The van der Waals surface area contributed by atoms with E-state index < -0.39 is 34.3 Å². The number of amides is 2. The highest BCUT2D eigenvalue weighted by Crippen LogP contribution is 2.24. The Morgan fingerprint density at radius 1 is 0.892 bits per heavy atom. The molecular formula is C28H32FN3O4S. The van der Waals surface area contributed by atoms with Gasteiger partial charge in [-0.25, -0.2) is 12.8 Å². The Bertz CT molecular complexity index is 1270. The van der Waals surface area contributed by atoms with Gasteiger partial charge in [-0.15, -0.1) is 0 Å². The summed E-state index contributed by atoms with van der Waals surface area (Å²) in [6.07, 6.45) is 0.846. The monoisotopic (exact) mass is 525 g/mol. The van der Waals surface area contributed by atoms with Gasteiger partial charge in [0.25, 0.3) is 10.0 Å². The van der Waals surface area contributed by atoms with E-state index in [1.807, 2.05) is 30.3 Å². The van der Waals surface area contributed by atoms with Crippen LogP contribution in [0.4, 0.5) is 10.1 Å². The molecule has 0 saturated carbocycles. The van der Waals surface area contributed by atoms with Crippen molar-refractivity contribution in [3.63, 3.8) is 0 Å². The van der Waals surface area contributed by atoms with Gasteiger partial charge in [-0.3, -0.25) is 13.9 Å². The molecule has 1 unspecified atom stereocenters. The van der Waals surface area contributed by atoms with Gasteiger partial charge < -0.3 is 10.2 Å². The molecular weight excluding hydrogens is 493 g/mol. The van der Waals surface area contributed by atoms with E-state index in [1.54, 1.807) is 32.0 Å². The zero-order chi connectivity index (χ0) is 26.8. The van der Waals surface area contributed by atoms with Crippen LogP contribution in [0.3, 0.4) is 0 Å². The summed E-state index contributed by atoms with van der Waals surface area (Å²) in [6.45, 7) is 3.68. The van der Waals surface area contributed by atoms with Crippen molar-refractivity contribution in [1.29, 1.82) is 0 Å². The van der Waals surface area contributed by atoms with Crippen LogP contribution in [0.15, 0.2) is 89.8 Å². The molecule has 37 heavy (non-hydrogen) atoms. The van der Waals surface area contributed by atoms with Crippen molar-refractivity contribution in [3.05, 3.63) is 96.3 Å². The second kappa shape index (κ2) is 13.0. The smallest absolute Gasteiger partial charge is 0.264 e. The summed E-state index contributed by atoms with van der Waals surface area (Å²) < 4.78 is 41.8. The molecule has 3 aromatic carbocycles. The largest absolute Gasteiger partial charge is 0.355 e. The van der Waals surface area contributed by atoms with Crippen LogP contribution in [0.1, 0.15) is 25.8 Å². The Labute approximate surface area is 218 Å². The third-order valence-corrected chi connectivity index (χ3v) is 7.73. The number of anilines is 1. The molecule has 9 heteroatoms. The van der Waals surface area contributed by atoms with E-state index in [4.69, 9.17) is 0 Å². The Kier molecular flexibility index (Phi) is 9.79. The first-order valence-electron chi connectivity index (χ1n) is 12.2. The molecule has 0 radical (unpaired) electrons. The van der Waals surface area contributed by atoms with Crippen molar-refractivity contribution in [3.8, 4) is 0 Å². The highest BCUT2D eigenvalue weighted by molar-refractivity contribution is 7.92. The van der Waals surface area contributed by atoms with Crippen molar-refractivity contribution in [2.24, 2.45) is 0 Å². The lowest BCUT2D eigenvalue weighted by Gasteiger charge is -2.33. The van der Waals surface area contributed by atoms with Gasteiger partial charge in [0, 0.05) is 13.1 Å². The second-order valence-corrected chi connectivity index (χ2v) is 10.3. The van der Waals surface area contributed by atoms with Gasteiger partial charge in [-0.1, -0.05) is 55.5 Å². The van der Waals surface area contributed by atoms with E-state index >= 15 is 0 Å². The topological polar surface area (TPSA) is 86.8 Å². The average Bonchev–Trinajstić information content (AvgIpc) is 2.91. The summed E-state index contributed by atoms with van der Waals surface area (Å²) in [6, 6.07) is 21.4. The highest BCUT2D eigenvalue weighted by atomic mass is 32.2. The van der Waals surface area contributed by atoms with Gasteiger partial charge in [-0.05, 0) is 61.7 Å². The van der Waals surface area contributed by atoms with E-state index in [2.05, 4.69) is 5.32 Å². The van der Waals surface area contributed by atoms with Crippen molar-refractivity contribution in [1.82, 2.24) is 10.2 Å². The molecule has 0 aliphatic heterocycles. The number of carbonyl (C=O) groups excluding carboxylic acids is 2. The fraction of sp³-hybridized carbons (Fsp3) is 0.286. The van der Waals surface area contributed by atoms with Crippen LogP contribution >= 0.6 is 0 Å². The number of nitrogens with one attached hydrogen (secondary N) is 1. The summed E-state index contributed by atoms with van der Waals surface area (Å²) in [4.78, 5) is 28.1. The van der Waals surface area contributed by atoms with E-state index in [1.165, 1.54) is 29.2 Å². The van der Waals surface area contributed by atoms with Crippen LogP contribution in [-0.2, 0) is 26.0 Å². The molecule has 1 atom stereocenters. The SMILES string of the molecule is CCNC(=O)C(CC)N(CCc1ccccc1)C(=O)CN(c1ccc(F)cc1)S(=O)(=O)c1ccccc1. The number of carbonyl (C=O) groups is 2. The third-order valence-electron chi connectivity index (χ3n) is 5.95. The van der Waals surface area contributed by atoms with Gasteiger partial charge in [0.05, 0.1) is 10.6 Å². The zero-order valence-electron chi connectivity index (χ0n) is 21.0. The Balaban J connectivity index is 1.98. The summed E-state index contributed by atoms with van der Waals surface area (Å²) in [5.74, 6) is -1.36. The lowest BCUT2D eigenvalue weighted by molar-refractivity contribution is -0.139. The molecule has 0 bridgehead atoms. The molecule has 0 aliphatic rings. The van der Waals surface area contributed by atoms with Crippen molar-refractivity contribution in [2.75, 3.05) is 23.9 Å². The molecule has 7 nitrogen and oxygen atoms in total. The number of rotatable bonds is 12. The number of sulfonamides is 1. The van der Waals surface area contributed by atoms with Crippen molar-refractivity contribution in [2.45, 2.75) is 37.6 Å². The van der Waals surface area contributed by atoms with Crippen LogP contribution in [-0.4, -0.2) is 50.8 Å². The molecule has 3 rings (SSSR count). The molecule has 0 aliphatic carbocycles. The summed E-state index contributed by atoms with van der Waals surface area (Å²) >= 11 is 0. The minimum absolute atomic E-state index is 0.00118. The Morgan fingerprint density at radius 2 is 1.49 bits per heavy atom. The number of likely N-dealkylation sites (N-methyl/N-ethyl adjacent to an activating group) is 1. The van der Waals surface area contributed by atoms with E-state index in [-0.39, 0.29) is 23.0 Å². The second-order valence-electron chi connectivity index (χ2n) is 8.44. The molecule has 0 aromatic heterocycles. The lowest BCUT2D eigenvalue weighted by Crippen LogP contribution is -2.53. The molecule has 0 fully saturated rings. The lowest BCUT2D eigenvalue weighted by atomic mass is 10.1. The normalized spacial score (nSPS) is 12.0. The number of hydrogen-bond acceptors (Lipinski definition) is 4. The fourth-order valence-corrected chi connectivity index (χ4v) is 5.48. The van der Waals surface area contributed by atoms with E-state index in [9.17, 15) is 22.4 Å². The predicted molar refractivity (Wildman–Crippen MR) is 142 cm³/mol. The standard InChI is InChI=1S/C28H32FN3O4S/c1-3-26(28(34)30-4-2)31(20-19-22-11-7-5-8-12-22)27(33)21-32(24-17-15-23(29)16-18-24)37(35,36)25-13-9-6-10-14-25/h5-18,26H,3-4,19-21H2,1-2H3,(H,30,34). The first-order valence-corrected chi connectivity index (χ1v) is 13.7. The highest BCUT2D eigenvalue weighted by Gasteiger charge is 2.33. The quantitative estimate of drug-likeness (QED) is 0.387. The summed E-state index contributed by atoms with van der Waals surface area (Å²) in [7, 11) is -4.16. The Morgan fingerprint density at radius 3 is 2.05 bits per heavy atom. The molecule has 0 heterocycles. The molecule has 2 amide bonds. The summed E-state index contributed by atoms with van der Waals surface area (Å²) in [5.41, 5.74) is 1.13. The van der Waals surface area contributed by atoms with Crippen LogP contribution in [0.2, 0.25) is 0 Å². The zero-order valence-corrected chi connectivity index (χ0v) is 21.8. The van der Waals surface area contributed by atoms with Crippen LogP contribution in [0.5, 0.6) is 0 Å². The molecule has 0 saturated heterocycles.